The molecule has 1 unspecified atom stereocenters. The summed E-state index contributed by atoms with van der Waals surface area (Å²) in [4.78, 5) is 0. The number of ether oxygens (including phenoxy) is 1. The van der Waals surface area contributed by atoms with Crippen molar-refractivity contribution in [1.82, 2.24) is 0 Å². The zero-order valence-electron chi connectivity index (χ0n) is 13.0. The summed E-state index contributed by atoms with van der Waals surface area (Å²) in [5.74, 6) is 0. The van der Waals surface area contributed by atoms with Gasteiger partial charge in [0.2, 0.25) is 0 Å². The molecule has 1 heteroatoms. The third kappa shape index (κ3) is 2.68. The molecule has 0 spiro atoms. The number of methoxy groups -OCH3 is 1. The SMILES string of the molecule is COC(C)(c1ccccc1)c1ccc(-c2ccccc2)cc1. The van der Waals surface area contributed by atoms with E-state index in [1.54, 1.807) is 7.11 Å². The van der Waals surface area contributed by atoms with Crippen LogP contribution >= 0.6 is 0 Å². The Hall–Kier alpha value is -2.38. The van der Waals surface area contributed by atoms with Crippen molar-refractivity contribution in [3.05, 3.63) is 96.1 Å². The lowest BCUT2D eigenvalue weighted by molar-refractivity contribution is 0.0391. The van der Waals surface area contributed by atoms with Crippen molar-refractivity contribution in [2.45, 2.75) is 12.5 Å². The first kappa shape index (κ1) is 14.6. The molecule has 3 aromatic rings. The Kier molecular flexibility index (Phi) is 4.08. The molecule has 0 aliphatic heterocycles. The number of hydrogen-bond donors (Lipinski definition) is 0. The molecule has 3 rings (SSSR count). The third-order valence-electron chi connectivity index (χ3n) is 4.28. The first-order valence-corrected chi connectivity index (χ1v) is 7.51. The van der Waals surface area contributed by atoms with E-state index >= 15 is 0 Å². The Bertz CT molecular complexity index is 717. The van der Waals surface area contributed by atoms with Gasteiger partial charge in [0.05, 0.1) is 0 Å². The quantitative estimate of drug-likeness (QED) is 0.636. The Morgan fingerprint density at radius 2 is 1.05 bits per heavy atom. The molecule has 1 nitrogen and oxygen atoms in total. The Morgan fingerprint density at radius 3 is 1.59 bits per heavy atom. The summed E-state index contributed by atoms with van der Waals surface area (Å²) in [5, 5.41) is 0. The van der Waals surface area contributed by atoms with E-state index in [-0.39, 0.29) is 0 Å². The zero-order valence-corrected chi connectivity index (χ0v) is 13.0. The second kappa shape index (κ2) is 6.17. The van der Waals surface area contributed by atoms with Crippen LogP contribution in [0, 0.1) is 0 Å². The van der Waals surface area contributed by atoms with Gasteiger partial charge in [-0.15, -0.1) is 0 Å². The van der Waals surface area contributed by atoms with Crippen molar-refractivity contribution < 1.29 is 4.74 Å². The lowest BCUT2D eigenvalue weighted by Gasteiger charge is -2.29. The van der Waals surface area contributed by atoms with Crippen LogP contribution in [0.4, 0.5) is 0 Å². The highest BCUT2D eigenvalue weighted by atomic mass is 16.5. The molecule has 22 heavy (non-hydrogen) atoms. The van der Waals surface area contributed by atoms with Crippen molar-refractivity contribution in [3.63, 3.8) is 0 Å². The van der Waals surface area contributed by atoms with Crippen LogP contribution < -0.4 is 0 Å². The average molecular weight is 288 g/mol. The maximum atomic E-state index is 5.86. The molecule has 0 saturated heterocycles. The summed E-state index contributed by atoms with van der Waals surface area (Å²) < 4.78 is 5.86. The number of hydrogen-bond acceptors (Lipinski definition) is 1. The predicted molar refractivity (Wildman–Crippen MR) is 91.8 cm³/mol. The molecule has 1 atom stereocenters. The monoisotopic (exact) mass is 288 g/mol. The molecule has 0 amide bonds. The lowest BCUT2D eigenvalue weighted by Crippen LogP contribution is -2.25. The van der Waals surface area contributed by atoms with Crippen molar-refractivity contribution in [1.29, 1.82) is 0 Å². The van der Waals surface area contributed by atoms with Crippen LogP contribution in [0.1, 0.15) is 18.1 Å². The van der Waals surface area contributed by atoms with Crippen LogP contribution in [0.3, 0.4) is 0 Å². The van der Waals surface area contributed by atoms with Gasteiger partial charge in [-0.25, -0.2) is 0 Å². The first-order valence-electron chi connectivity index (χ1n) is 7.51. The number of benzene rings is 3. The van der Waals surface area contributed by atoms with Crippen LogP contribution in [-0.2, 0) is 10.3 Å². The zero-order chi connectivity index (χ0) is 15.4. The molecule has 0 bridgehead atoms. The fourth-order valence-corrected chi connectivity index (χ4v) is 2.77. The van der Waals surface area contributed by atoms with Crippen molar-refractivity contribution >= 4 is 0 Å². The average Bonchev–Trinajstić information content (AvgIpc) is 2.63. The highest BCUT2D eigenvalue weighted by Crippen LogP contribution is 2.33. The van der Waals surface area contributed by atoms with Gasteiger partial charge in [-0.3, -0.25) is 0 Å². The van der Waals surface area contributed by atoms with Gasteiger partial charge >= 0.3 is 0 Å². The number of rotatable bonds is 4. The molecule has 0 heterocycles. The second-order valence-corrected chi connectivity index (χ2v) is 5.55. The lowest BCUT2D eigenvalue weighted by atomic mass is 9.87. The molecule has 0 radical (unpaired) electrons. The van der Waals surface area contributed by atoms with Crippen LogP contribution in [0.2, 0.25) is 0 Å². The van der Waals surface area contributed by atoms with E-state index < -0.39 is 5.60 Å². The maximum absolute atomic E-state index is 5.86. The van der Waals surface area contributed by atoms with Gasteiger partial charge in [0.15, 0.2) is 0 Å². The van der Waals surface area contributed by atoms with E-state index in [9.17, 15) is 0 Å². The Labute approximate surface area is 132 Å². The van der Waals surface area contributed by atoms with Gasteiger partial charge in [-0.1, -0.05) is 84.9 Å². The summed E-state index contributed by atoms with van der Waals surface area (Å²) in [5.41, 5.74) is 4.32. The third-order valence-corrected chi connectivity index (χ3v) is 4.28. The molecule has 0 saturated carbocycles. The summed E-state index contributed by atoms with van der Waals surface area (Å²) in [6.45, 7) is 2.11. The summed E-state index contributed by atoms with van der Waals surface area (Å²) in [7, 11) is 1.76. The standard InChI is InChI=1S/C21H20O/c1-21(22-2,19-11-7-4-8-12-19)20-15-13-18(14-16-20)17-9-5-3-6-10-17/h3-16H,1-2H3. The first-order chi connectivity index (χ1) is 10.7. The maximum Gasteiger partial charge on any atom is 0.115 e. The second-order valence-electron chi connectivity index (χ2n) is 5.55. The Balaban J connectivity index is 1.98. The molecule has 3 aromatic carbocycles. The van der Waals surface area contributed by atoms with E-state index in [1.807, 2.05) is 24.3 Å². The van der Waals surface area contributed by atoms with E-state index in [1.165, 1.54) is 11.1 Å². The predicted octanol–water partition coefficient (Wildman–Crippen LogP) is 5.26. The summed E-state index contributed by atoms with van der Waals surface area (Å²) >= 11 is 0. The fourth-order valence-electron chi connectivity index (χ4n) is 2.77. The van der Waals surface area contributed by atoms with Gasteiger partial charge in [-0.05, 0) is 29.2 Å². The minimum absolute atomic E-state index is 0.434. The summed E-state index contributed by atoms with van der Waals surface area (Å²) in [6.07, 6.45) is 0. The van der Waals surface area contributed by atoms with Crippen LogP contribution in [-0.4, -0.2) is 7.11 Å². The normalized spacial score (nSPS) is 13.5. The molecule has 0 aliphatic rings. The van der Waals surface area contributed by atoms with Gasteiger partial charge in [-0.2, -0.15) is 0 Å². The molecular formula is C21H20O. The van der Waals surface area contributed by atoms with Crippen LogP contribution in [0.15, 0.2) is 84.9 Å². The van der Waals surface area contributed by atoms with Gasteiger partial charge < -0.3 is 4.74 Å². The molecular weight excluding hydrogens is 268 g/mol. The van der Waals surface area contributed by atoms with Gasteiger partial charge in [0.25, 0.3) is 0 Å². The smallest absolute Gasteiger partial charge is 0.115 e. The fraction of sp³-hybridized carbons (Fsp3) is 0.143. The molecule has 0 N–H and O–H groups in total. The van der Waals surface area contributed by atoms with E-state index in [0.717, 1.165) is 11.1 Å². The Morgan fingerprint density at radius 1 is 0.591 bits per heavy atom. The molecule has 0 aromatic heterocycles. The van der Waals surface area contributed by atoms with E-state index in [4.69, 9.17) is 4.74 Å². The minimum Gasteiger partial charge on any atom is -0.369 e. The van der Waals surface area contributed by atoms with Gasteiger partial charge in [0, 0.05) is 7.11 Å². The molecule has 0 fully saturated rings. The van der Waals surface area contributed by atoms with Crippen LogP contribution in [0.25, 0.3) is 11.1 Å². The molecule has 0 aliphatic carbocycles. The molecule has 110 valence electrons. The van der Waals surface area contributed by atoms with Crippen LogP contribution in [0.5, 0.6) is 0 Å². The minimum atomic E-state index is -0.434. The van der Waals surface area contributed by atoms with Crippen molar-refractivity contribution in [2.75, 3.05) is 7.11 Å². The van der Waals surface area contributed by atoms with Gasteiger partial charge in [0.1, 0.15) is 5.60 Å². The van der Waals surface area contributed by atoms with E-state index in [2.05, 4.69) is 67.6 Å². The van der Waals surface area contributed by atoms with Crippen molar-refractivity contribution in [2.24, 2.45) is 0 Å². The summed E-state index contributed by atoms with van der Waals surface area (Å²) in [6, 6.07) is 29.4. The highest BCUT2D eigenvalue weighted by Gasteiger charge is 2.28. The largest absolute Gasteiger partial charge is 0.369 e. The topological polar surface area (TPSA) is 9.23 Å². The van der Waals surface area contributed by atoms with Crippen molar-refractivity contribution in [3.8, 4) is 11.1 Å². The van der Waals surface area contributed by atoms with E-state index in [0.29, 0.717) is 0 Å². The highest BCUT2D eigenvalue weighted by molar-refractivity contribution is 5.63.